The predicted molar refractivity (Wildman–Crippen MR) is 155 cm³/mol. The van der Waals surface area contributed by atoms with Gasteiger partial charge in [-0.15, -0.1) is 0 Å². The molecule has 4 aromatic rings. The van der Waals surface area contributed by atoms with Crippen LogP contribution in [0.1, 0.15) is 52.5 Å². The highest BCUT2D eigenvalue weighted by atomic mass is 16.6. The number of nitrogens with zero attached hydrogens (tertiary/aromatic N) is 3. The van der Waals surface area contributed by atoms with E-state index in [1.54, 1.807) is 30.0 Å². The van der Waals surface area contributed by atoms with Gasteiger partial charge in [-0.3, -0.25) is 4.79 Å². The van der Waals surface area contributed by atoms with E-state index in [0.29, 0.717) is 46.7 Å². The number of rotatable bonds is 7. The SMILES string of the molecule is Cc1c(Oc2c(-c3ccccc3)oc3ccccc3c2=O)ncnc1O[C@H](C)CC1CCCN1C(=O)OC(C)(C)C. The Labute approximate surface area is 239 Å². The Morgan fingerprint density at radius 3 is 2.54 bits per heavy atom. The summed E-state index contributed by atoms with van der Waals surface area (Å²) in [6.45, 7) is 9.98. The molecule has 0 aliphatic carbocycles. The van der Waals surface area contributed by atoms with Gasteiger partial charge in [-0.05, 0) is 59.6 Å². The number of hydrogen-bond donors (Lipinski definition) is 0. The first-order chi connectivity index (χ1) is 19.6. The molecular weight excluding hydrogens is 522 g/mol. The average Bonchev–Trinajstić information content (AvgIpc) is 3.40. The van der Waals surface area contributed by atoms with Gasteiger partial charge in [-0.1, -0.05) is 42.5 Å². The van der Waals surface area contributed by atoms with E-state index in [1.165, 1.54) is 6.33 Å². The third-order valence-electron chi connectivity index (χ3n) is 6.90. The molecule has 1 unspecified atom stereocenters. The van der Waals surface area contributed by atoms with Gasteiger partial charge >= 0.3 is 6.09 Å². The maximum Gasteiger partial charge on any atom is 0.410 e. The minimum atomic E-state index is -0.552. The van der Waals surface area contributed by atoms with Crippen molar-refractivity contribution in [2.24, 2.45) is 0 Å². The molecule has 0 bridgehead atoms. The van der Waals surface area contributed by atoms with Crippen LogP contribution in [0.4, 0.5) is 4.79 Å². The van der Waals surface area contributed by atoms with Crippen LogP contribution in [-0.2, 0) is 4.74 Å². The number of hydrogen-bond acceptors (Lipinski definition) is 8. The second-order valence-corrected chi connectivity index (χ2v) is 11.3. The predicted octanol–water partition coefficient (Wildman–Crippen LogP) is 6.91. The first-order valence-corrected chi connectivity index (χ1v) is 13.9. The standard InChI is InChI=1S/C32H35N3O6/c1-20(18-23-14-11-17-35(23)31(37)41-32(3,4)5)38-29-21(2)30(34-19-33-29)40-28-26(36)24-15-9-10-16-25(24)39-27(28)22-12-7-6-8-13-22/h6-10,12-13,15-16,19-20,23H,11,14,17-18H2,1-5H3/t20-,23?/m1/s1. The molecule has 41 heavy (non-hydrogen) atoms. The minimum absolute atomic E-state index is 0.00776. The van der Waals surface area contributed by atoms with Crippen LogP contribution in [-0.4, -0.2) is 45.3 Å². The summed E-state index contributed by atoms with van der Waals surface area (Å²) in [6.07, 6.45) is 3.20. The molecule has 2 aromatic heterocycles. The number of amides is 1. The van der Waals surface area contributed by atoms with Crippen molar-refractivity contribution < 1.29 is 23.4 Å². The van der Waals surface area contributed by atoms with Crippen LogP contribution in [0.25, 0.3) is 22.3 Å². The van der Waals surface area contributed by atoms with Crippen molar-refractivity contribution in [1.29, 1.82) is 0 Å². The number of fused-ring (bicyclic) bond motifs is 1. The Kier molecular flexibility index (Phi) is 7.97. The summed E-state index contributed by atoms with van der Waals surface area (Å²) in [7, 11) is 0. The third kappa shape index (κ3) is 6.34. The van der Waals surface area contributed by atoms with Crippen molar-refractivity contribution in [1.82, 2.24) is 14.9 Å². The molecule has 1 saturated heterocycles. The van der Waals surface area contributed by atoms with Crippen LogP contribution in [0.2, 0.25) is 0 Å². The molecular formula is C32H35N3O6. The second kappa shape index (κ2) is 11.6. The molecule has 1 aliphatic heterocycles. The molecule has 1 amide bonds. The van der Waals surface area contributed by atoms with Crippen LogP contribution in [0.5, 0.6) is 17.5 Å². The van der Waals surface area contributed by atoms with Gasteiger partial charge in [0.05, 0.1) is 17.1 Å². The van der Waals surface area contributed by atoms with E-state index in [1.807, 2.05) is 64.1 Å². The maximum atomic E-state index is 13.6. The molecule has 9 heteroatoms. The van der Waals surface area contributed by atoms with Crippen LogP contribution in [0.15, 0.2) is 70.1 Å². The van der Waals surface area contributed by atoms with Gasteiger partial charge in [0.25, 0.3) is 0 Å². The zero-order chi connectivity index (χ0) is 29.1. The molecule has 2 atom stereocenters. The van der Waals surface area contributed by atoms with Crippen molar-refractivity contribution in [2.75, 3.05) is 6.54 Å². The van der Waals surface area contributed by atoms with Gasteiger partial charge in [0, 0.05) is 24.6 Å². The molecule has 1 fully saturated rings. The van der Waals surface area contributed by atoms with E-state index < -0.39 is 5.60 Å². The fourth-order valence-corrected chi connectivity index (χ4v) is 5.00. The largest absolute Gasteiger partial charge is 0.474 e. The molecule has 0 saturated carbocycles. The molecule has 214 valence electrons. The highest BCUT2D eigenvalue weighted by Crippen LogP contribution is 2.35. The zero-order valence-corrected chi connectivity index (χ0v) is 24.0. The Morgan fingerprint density at radius 2 is 1.78 bits per heavy atom. The lowest BCUT2D eigenvalue weighted by Crippen LogP contribution is -2.41. The molecule has 5 rings (SSSR count). The van der Waals surface area contributed by atoms with Gasteiger partial charge in [-0.25, -0.2) is 14.8 Å². The molecule has 0 radical (unpaired) electrons. The van der Waals surface area contributed by atoms with Crippen LogP contribution < -0.4 is 14.9 Å². The Bertz CT molecular complexity index is 1600. The van der Waals surface area contributed by atoms with Gasteiger partial charge in [0.2, 0.25) is 22.9 Å². The monoisotopic (exact) mass is 557 g/mol. The summed E-state index contributed by atoms with van der Waals surface area (Å²) >= 11 is 0. The maximum absolute atomic E-state index is 13.6. The fraction of sp³-hybridized carbons (Fsp3) is 0.375. The van der Waals surface area contributed by atoms with Crippen molar-refractivity contribution in [3.05, 3.63) is 76.7 Å². The van der Waals surface area contributed by atoms with Crippen LogP contribution in [0, 0.1) is 6.92 Å². The lowest BCUT2D eigenvalue weighted by atomic mass is 10.1. The summed E-state index contributed by atoms with van der Waals surface area (Å²) in [6, 6.07) is 16.4. The zero-order valence-electron chi connectivity index (χ0n) is 24.0. The lowest BCUT2D eigenvalue weighted by Gasteiger charge is -2.30. The number of ether oxygens (including phenoxy) is 3. The van der Waals surface area contributed by atoms with E-state index in [9.17, 15) is 9.59 Å². The summed E-state index contributed by atoms with van der Waals surface area (Å²) in [5.74, 6) is 0.884. The number of carbonyl (C=O) groups excluding carboxylic acids is 1. The summed E-state index contributed by atoms with van der Waals surface area (Å²) in [4.78, 5) is 36.7. The summed E-state index contributed by atoms with van der Waals surface area (Å²) in [5, 5.41) is 0.407. The number of benzene rings is 2. The van der Waals surface area contributed by atoms with Gasteiger partial charge in [-0.2, -0.15) is 0 Å². The van der Waals surface area contributed by atoms with Gasteiger partial charge in [0.15, 0.2) is 5.76 Å². The minimum Gasteiger partial charge on any atom is -0.474 e. The molecule has 9 nitrogen and oxygen atoms in total. The third-order valence-corrected chi connectivity index (χ3v) is 6.90. The second-order valence-electron chi connectivity index (χ2n) is 11.3. The van der Waals surface area contributed by atoms with E-state index in [4.69, 9.17) is 18.6 Å². The quantitative estimate of drug-likeness (QED) is 0.241. The van der Waals surface area contributed by atoms with Crippen LogP contribution >= 0.6 is 0 Å². The molecule has 3 heterocycles. The van der Waals surface area contributed by atoms with E-state index >= 15 is 0 Å². The Morgan fingerprint density at radius 1 is 1.07 bits per heavy atom. The van der Waals surface area contributed by atoms with E-state index in [2.05, 4.69) is 9.97 Å². The van der Waals surface area contributed by atoms with Gasteiger partial charge in [0.1, 0.15) is 17.5 Å². The van der Waals surface area contributed by atoms with Crippen molar-refractivity contribution >= 4 is 17.1 Å². The van der Waals surface area contributed by atoms with Crippen LogP contribution in [0.3, 0.4) is 0 Å². The molecule has 1 aliphatic rings. The van der Waals surface area contributed by atoms with E-state index in [0.717, 1.165) is 12.8 Å². The van der Waals surface area contributed by atoms with E-state index in [-0.39, 0.29) is 35.3 Å². The smallest absolute Gasteiger partial charge is 0.410 e. The average molecular weight is 558 g/mol. The Balaban J connectivity index is 1.38. The van der Waals surface area contributed by atoms with Crippen molar-refractivity contribution in [3.63, 3.8) is 0 Å². The van der Waals surface area contributed by atoms with Gasteiger partial charge < -0.3 is 23.5 Å². The molecule has 2 aromatic carbocycles. The summed E-state index contributed by atoms with van der Waals surface area (Å²) in [5.41, 5.74) is 0.856. The fourth-order valence-electron chi connectivity index (χ4n) is 5.00. The number of para-hydroxylation sites is 1. The lowest BCUT2D eigenvalue weighted by molar-refractivity contribution is 0.0192. The first kappa shape index (κ1) is 28.1. The summed E-state index contributed by atoms with van der Waals surface area (Å²) < 4.78 is 24.2. The topological polar surface area (TPSA) is 104 Å². The highest BCUT2D eigenvalue weighted by Gasteiger charge is 2.33. The van der Waals surface area contributed by atoms with Crippen molar-refractivity contribution in [2.45, 2.75) is 71.6 Å². The van der Waals surface area contributed by atoms with Crippen molar-refractivity contribution in [3.8, 4) is 28.8 Å². The number of aromatic nitrogens is 2. The normalized spacial score (nSPS) is 16.0. The first-order valence-electron chi connectivity index (χ1n) is 13.9. The number of likely N-dealkylation sites (tertiary alicyclic amines) is 1. The highest BCUT2D eigenvalue weighted by molar-refractivity contribution is 5.82. The Hall–Kier alpha value is -4.40. The number of carbonyl (C=O) groups is 1. The molecule has 0 N–H and O–H groups in total. The molecule has 0 spiro atoms.